The Hall–Kier alpha value is -3.75. The second kappa shape index (κ2) is 11.8. The van der Waals surface area contributed by atoms with Crippen molar-refractivity contribution in [1.29, 1.82) is 0 Å². The lowest BCUT2D eigenvalue weighted by Crippen LogP contribution is -2.34. The van der Waals surface area contributed by atoms with Gasteiger partial charge in [-0.3, -0.25) is 4.79 Å². The van der Waals surface area contributed by atoms with Crippen LogP contribution >= 0.6 is 0 Å². The zero-order valence-electron chi connectivity index (χ0n) is 23.2. The molecule has 3 aromatic carbocycles. The van der Waals surface area contributed by atoms with E-state index < -0.39 is 10.0 Å². The van der Waals surface area contributed by atoms with E-state index in [0.717, 1.165) is 46.6 Å². The Bertz CT molecular complexity index is 1600. The van der Waals surface area contributed by atoms with Crippen molar-refractivity contribution in [2.45, 2.75) is 62.9 Å². The number of benzene rings is 3. The van der Waals surface area contributed by atoms with E-state index in [4.69, 9.17) is 0 Å². The molecule has 0 bridgehead atoms. The number of aromatic nitrogens is 2. The maximum atomic E-state index is 13.8. The number of aryl methyl sites for hydroxylation is 3. The smallest absolute Gasteiger partial charge is 0.241 e. The summed E-state index contributed by atoms with van der Waals surface area (Å²) in [7, 11) is -1.79. The van der Waals surface area contributed by atoms with Gasteiger partial charge < -0.3 is 9.47 Å². The first-order valence-electron chi connectivity index (χ1n) is 13.7. The summed E-state index contributed by atoms with van der Waals surface area (Å²) in [5, 5.41) is 0. The van der Waals surface area contributed by atoms with E-state index in [2.05, 4.69) is 16.6 Å². The molecule has 40 heavy (non-hydrogen) atoms. The molecule has 1 aromatic heterocycles. The lowest BCUT2D eigenvalue weighted by Gasteiger charge is -2.30. The topological polar surface area (TPSA) is 84.3 Å². The molecule has 5 rings (SSSR count). The van der Waals surface area contributed by atoms with Crippen LogP contribution in [-0.2, 0) is 34.8 Å². The van der Waals surface area contributed by atoms with Crippen molar-refractivity contribution >= 4 is 21.6 Å². The van der Waals surface area contributed by atoms with Gasteiger partial charge in [-0.05, 0) is 78.6 Å². The first-order valence-corrected chi connectivity index (χ1v) is 15.2. The minimum absolute atomic E-state index is 0.00740. The van der Waals surface area contributed by atoms with Crippen molar-refractivity contribution in [3.8, 4) is 0 Å². The summed E-state index contributed by atoms with van der Waals surface area (Å²) < 4.78 is 31.5. The minimum Gasteiger partial charge on any atom is -0.337 e. The van der Waals surface area contributed by atoms with Gasteiger partial charge in [0, 0.05) is 37.6 Å². The Morgan fingerprint density at radius 3 is 2.62 bits per heavy atom. The maximum Gasteiger partial charge on any atom is 0.241 e. The van der Waals surface area contributed by atoms with E-state index in [0.29, 0.717) is 19.4 Å². The summed E-state index contributed by atoms with van der Waals surface area (Å²) >= 11 is 0. The van der Waals surface area contributed by atoms with E-state index in [9.17, 15) is 13.2 Å². The van der Waals surface area contributed by atoms with Gasteiger partial charge in [-0.2, -0.15) is 0 Å². The number of nitrogens with one attached hydrogen (secondary N) is 1. The lowest BCUT2D eigenvalue weighted by atomic mass is 9.87. The van der Waals surface area contributed by atoms with Crippen LogP contribution in [0.4, 0.5) is 5.69 Å². The van der Waals surface area contributed by atoms with Crippen molar-refractivity contribution in [3.63, 3.8) is 0 Å². The van der Waals surface area contributed by atoms with Crippen molar-refractivity contribution in [1.82, 2.24) is 14.3 Å². The van der Waals surface area contributed by atoms with Gasteiger partial charge in [0.15, 0.2) is 0 Å². The molecule has 0 aliphatic heterocycles. The molecule has 0 spiro atoms. The number of rotatable bonds is 9. The van der Waals surface area contributed by atoms with Gasteiger partial charge in [-0.15, -0.1) is 0 Å². The van der Waals surface area contributed by atoms with Gasteiger partial charge in [0.05, 0.1) is 11.4 Å². The van der Waals surface area contributed by atoms with Crippen LogP contribution in [0.15, 0.2) is 90.1 Å². The summed E-state index contributed by atoms with van der Waals surface area (Å²) in [6, 6.07) is 22.6. The normalized spacial score (nSPS) is 15.8. The summed E-state index contributed by atoms with van der Waals surface area (Å²) in [4.78, 5) is 20.3. The van der Waals surface area contributed by atoms with E-state index >= 15 is 0 Å². The van der Waals surface area contributed by atoms with E-state index in [1.807, 2.05) is 79.3 Å². The zero-order valence-corrected chi connectivity index (χ0v) is 24.1. The number of carbonyl (C=O) groups excluding carboxylic acids is 1. The van der Waals surface area contributed by atoms with E-state index in [1.165, 1.54) is 0 Å². The Labute approximate surface area is 236 Å². The van der Waals surface area contributed by atoms with Crippen LogP contribution in [0.5, 0.6) is 0 Å². The minimum atomic E-state index is -3.71. The second-order valence-electron chi connectivity index (χ2n) is 10.7. The molecular formula is C32H36N4O3S. The molecule has 0 unspecified atom stereocenters. The first-order chi connectivity index (χ1) is 19.2. The first kappa shape index (κ1) is 27.8. The van der Waals surface area contributed by atoms with Crippen LogP contribution < -0.4 is 9.62 Å². The van der Waals surface area contributed by atoms with Gasteiger partial charge in [0.1, 0.15) is 5.82 Å². The second-order valence-corrected chi connectivity index (χ2v) is 12.4. The predicted molar refractivity (Wildman–Crippen MR) is 157 cm³/mol. The number of hydrogen-bond acceptors (Lipinski definition) is 4. The third kappa shape index (κ3) is 6.18. The number of imidazole rings is 1. The number of nitrogens with zero attached hydrogens (tertiary/aromatic N) is 3. The molecular weight excluding hydrogens is 520 g/mol. The van der Waals surface area contributed by atoms with E-state index in [-0.39, 0.29) is 22.8 Å². The maximum absolute atomic E-state index is 13.8. The average molecular weight is 557 g/mol. The van der Waals surface area contributed by atoms with Gasteiger partial charge in [0.2, 0.25) is 15.9 Å². The standard InChI is InChI=1S/C32H36N4O3S/c1-23-9-7-13-28(19-23)40(38,39)34-30-14-8-12-26-15-16-27(21-29(26)30)36(22-31-33-17-18-35(31)3)32(37)20-24(2)25-10-5-4-6-11-25/h4-7,9-11,13,15-19,21,24,30,34H,8,12,14,20,22H2,1-3H3/t24-,30-/m1/s1. The van der Waals surface area contributed by atoms with Crippen molar-refractivity contribution in [2.24, 2.45) is 7.05 Å². The highest BCUT2D eigenvalue weighted by atomic mass is 32.2. The molecule has 1 aliphatic carbocycles. The number of amides is 1. The van der Waals surface area contributed by atoms with Crippen molar-refractivity contribution in [2.75, 3.05) is 4.90 Å². The summed E-state index contributed by atoms with van der Waals surface area (Å²) in [5.41, 5.74) is 4.78. The quantitative estimate of drug-likeness (QED) is 0.282. The molecule has 1 amide bonds. The number of fused-ring (bicyclic) bond motifs is 1. The molecule has 0 radical (unpaired) electrons. The van der Waals surface area contributed by atoms with Crippen LogP contribution in [0.1, 0.15) is 66.2 Å². The molecule has 2 atom stereocenters. The molecule has 208 valence electrons. The van der Waals surface area contributed by atoms with Gasteiger partial charge >= 0.3 is 0 Å². The molecule has 0 saturated heterocycles. The van der Waals surface area contributed by atoms with Crippen molar-refractivity contribution in [3.05, 3.63) is 113 Å². The van der Waals surface area contributed by atoms with Gasteiger partial charge in [0.25, 0.3) is 0 Å². The molecule has 0 fully saturated rings. The van der Waals surface area contributed by atoms with Crippen LogP contribution in [0.3, 0.4) is 0 Å². The SMILES string of the molecule is Cc1cccc(S(=O)(=O)N[C@@H]2CCCc3ccc(N(Cc4nccn4C)C(=O)C[C@@H](C)c4ccccc4)cc32)c1. The largest absolute Gasteiger partial charge is 0.337 e. The third-order valence-electron chi connectivity index (χ3n) is 7.72. The monoisotopic (exact) mass is 556 g/mol. The Morgan fingerprint density at radius 2 is 1.90 bits per heavy atom. The molecule has 4 aromatic rings. The Morgan fingerprint density at radius 1 is 1.10 bits per heavy atom. The summed E-state index contributed by atoms with van der Waals surface area (Å²) in [6.07, 6.45) is 6.39. The highest BCUT2D eigenvalue weighted by molar-refractivity contribution is 7.89. The molecule has 1 heterocycles. The zero-order chi connectivity index (χ0) is 28.3. The van der Waals surface area contributed by atoms with E-state index in [1.54, 1.807) is 29.3 Å². The summed E-state index contributed by atoms with van der Waals surface area (Å²) in [5.74, 6) is 0.811. The van der Waals surface area contributed by atoms with Crippen molar-refractivity contribution < 1.29 is 13.2 Å². The van der Waals surface area contributed by atoms with Gasteiger partial charge in [-0.1, -0.05) is 55.5 Å². The number of hydrogen-bond donors (Lipinski definition) is 1. The highest BCUT2D eigenvalue weighted by Gasteiger charge is 2.28. The molecule has 8 heteroatoms. The Kier molecular flexibility index (Phi) is 8.19. The van der Waals surface area contributed by atoms with Crippen LogP contribution in [-0.4, -0.2) is 23.9 Å². The number of sulfonamides is 1. The van der Waals surface area contributed by atoms with Crippen LogP contribution in [0.25, 0.3) is 0 Å². The number of carbonyl (C=O) groups is 1. The molecule has 1 aliphatic rings. The fourth-order valence-corrected chi connectivity index (χ4v) is 6.75. The lowest BCUT2D eigenvalue weighted by molar-refractivity contribution is -0.119. The summed E-state index contributed by atoms with van der Waals surface area (Å²) in [6.45, 7) is 4.27. The molecule has 7 nitrogen and oxygen atoms in total. The number of anilines is 1. The fourth-order valence-electron chi connectivity index (χ4n) is 5.40. The predicted octanol–water partition coefficient (Wildman–Crippen LogP) is 5.81. The molecule has 0 saturated carbocycles. The van der Waals surface area contributed by atoms with Gasteiger partial charge in [-0.25, -0.2) is 18.1 Å². The highest BCUT2D eigenvalue weighted by Crippen LogP contribution is 2.35. The molecule has 1 N–H and O–H groups in total. The Balaban J connectivity index is 1.46. The van der Waals surface area contributed by atoms with Crippen LogP contribution in [0, 0.1) is 6.92 Å². The average Bonchev–Trinajstić information content (AvgIpc) is 3.36. The van der Waals surface area contributed by atoms with Crippen LogP contribution in [0.2, 0.25) is 0 Å². The third-order valence-corrected chi connectivity index (χ3v) is 9.19. The fraction of sp³-hybridized carbons (Fsp3) is 0.312.